The number of rotatable bonds is 5. The van der Waals surface area contributed by atoms with Crippen LogP contribution in [0.25, 0.3) is 0 Å². The first-order chi connectivity index (χ1) is 13.1. The monoisotopic (exact) mass is 379 g/mol. The Bertz CT molecular complexity index is 802. The molecule has 0 aliphatic heterocycles. The fraction of sp³-hybridized carbons (Fsp3) is 0.391. The maximum atomic E-state index is 11.2. The van der Waals surface area contributed by atoms with Gasteiger partial charge in [-0.15, -0.1) is 0 Å². The summed E-state index contributed by atoms with van der Waals surface area (Å²) in [5, 5.41) is 8.75. The highest BCUT2D eigenvalue weighted by Gasteiger charge is 2.15. The van der Waals surface area contributed by atoms with Gasteiger partial charge in [0.05, 0.1) is 11.6 Å². The van der Waals surface area contributed by atoms with Gasteiger partial charge in [-0.1, -0.05) is 47.5 Å². The molecule has 0 aliphatic rings. The third-order valence-electron chi connectivity index (χ3n) is 4.93. The number of carbonyl (C=O) groups is 1. The van der Waals surface area contributed by atoms with Gasteiger partial charge in [-0.25, -0.2) is 0 Å². The van der Waals surface area contributed by atoms with E-state index in [0.29, 0.717) is 28.0 Å². The van der Waals surface area contributed by atoms with Gasteiger partial charge in [0.15, 0.2) is 0 Å². The number of nitrogens with zero attached hydrogens (tertiary/aromatic N) is 1. The molecule has 0 saturated carbocycles. The van der Waals surface area contributed by atoms with Gasteiger partial charge in [-0.05, 0) is 53.2 Å². The van der Waals surface area contributed by atoms with Gasteiger partial charge < -0.3 is 9.39 Å². The molecule has 0 amide bonds. The molecule has 0 spiro atoms. The Labute approximate surface area is 169 Å². The highest BCUT2D eigenvalue weighted by Crippen LogP contribution is 2.24. The third kappa shape index (κ3) is 7.21. The average Bonchev–Trinajstić information content (AvgIpc) is 2.67. The first-order valence-electron chi connectivity index (χ1n) is 9.42. The highest BCUT2D eigenvalue weighted by atomic mass is 16.5. The Morgan fingerprint density at radius 1 is 1.07 bits per heavy atom. The van der Waals surface area contributed by atoms with Crippen molar-refractivity contribution >= 4 is 18.7 Å². The van der Waals surface area contributed by atoms with Crippen LogP contribution in [0.15, 0.2) is 42.5 Å². The van der Waals surface area contributed by atoms with Crippen molar-refractivity contribution in [2.45, 2.75) is 41.4 Å². The quantitative estimate of drug-likeness (QED) is 0.521. The van der Waals surface area contributed by atoms with E-state index >= 15 is 0 Å². The molecule has 0 heterocycles. The molecule has 4 nitrogen and oxygen atoms in total. The molecule has 0 saturated heterocycles. The van der Waals surface area contributed by atoms with Crippen molar-refractivity contribution in [2.24, 2.45) is 11.3 Å². The number of carbonyl (C=O) groups excluding carboxylic acids is 1. The van der Waals surface area contributed by atoms with E-state index in [9.17, 15) is 4.79 Å². The third-order valence-corrected chi connectivity index (χ3v) is 4.93. The topological polar surface area (TPSA) is 59.3 Å². The summed E-state index contributed by atoms with van der Waals surface area (Å²) >= 11 is 0. The summed E-state index contributed by atoms with van der Waals surface area (Å²) < 4.78 is 10.9. The second kappa shape index (κ2) is 10.7. The molecule has 2 rings (SSSR count). The summed E-state index contributed by atoms with van der Waals surface area (Å²) in [6, 6.07) is 14.1. The minimum Gasteiger partial charge on any atom is -0.457 e. The smallest absolute Gasteiger partial charge is 0.323 e. The van der Waals surface area contributed by atoms with Crippen LogP contribution in [0.4, 0.5) is 0 Å². The lowest BCUT2D eigenvalue weighted by Crippen LogP contribution is -2.31. The van der Waals surface area contributed by atoms with Gasteiger partial charge in [-0.3, -0.25) is 4.79 Å². The SMILES string of the molecule is CC(C)C(C)(C)C.COB(C)c1ccc(Oc2ccc(C#N)cc2)cc1C=O. The molecule has 28 heavy (non-hydrogen) atoms. The van der Waals surface area contributed by atoms with Crippen molar-refractivity contribution in [2.75, 3.05) is 7.11 Å². The van der Waals surface area contributed by atoms with Crippen LogP contribution in [0.2, 0.25) is 6.82 Å². The normalized spacial score (nSPS) is 10.5. The number of hydrogen-bond acceptors (Lipinski definition) is 4. The van der Waals surface area contributed by atoms with Crippen LogP contribution in [0, 0.1) is 22.7 Å². The van der Waals surface area contributed by atoms with Crippen LogP contribution in [0.1, 0.15) is 50.5 Å². The highest BCUT2D eigenvalue weighted by molar-refractivity contribution is 6.67. The lowest BCUT2D eigenvalue weighted by molar-refractivity contribution is 0.112. The second-order valence-electron chi connectivity index (χ2n) is 8.05. The van der Waals surface area contributed by atoms with E-state index in [0.717, 1.165) is 17.7 Å². The molecule has 0 atom stereocenters. The van der Waals surface area contributed by atoms with Gasteiger partial charge in [-0.2, -0.15) is 5.26 Å². The molecule has 0 aromatic heterocycles. The Morgan fingerprint density at radius 2 is 1.61 bits per heavy atom. The summed E-state index contributed by atoms with van der Waals surface area (Å²) in [4.78, 5) is 11.2. The molecule has 2 aromatic carbocycles. The van der Waals surface area contributed by atoms with E-state index in [2.05, 4.69) is 34.6 Å². The van der Waals surface area contributed by atoms with Crippen molar-refractivity contribution in [3.05, 3.63) is 53.6 Å². The predicted octanol–water partition coefficient (Wildman–Crippen LogP) is 5.33. The van der Waals surface area contributed by atoms with Crippen molar-refractivity contribution in [3.63, 3.8) is 0 Å². The molecule has 0 aliphatic carbocycles. The number of hydrogen-bond donors (Lipinski definition) is 0. The van der Waals surface area contributed by atoms with Crippen molar-refractivity contribution < 1.29 is 14.2 Å². The van der Waals surface area contributed by atoms with Crippen LogP contribution in [-0.2, 0) is 4.65 Å². The summed E-state index contributed by atoms with van der Waals surface area (Å²) in [5.74, 6) is 1.97. The molecular formula is C23H30BNO3. The first kappa shape index (κ1) is 23.5. The average molecular weight is 379 g/mol. The molecule has 2 aromatic rings. The maximum absolute atomic E-state index is 11.2. The summed E-state index contributed by atoms with van der Waals surface area (Å²) in [5.41, 5.74) is 2.43. The van der Waals surface area contributed by atoms with E-state index < -0.39 is 0 Å². The molecule has 0 N–H and O–H groups in total. The van der Waals surface area contributed by atoms with Gasteiger partial charge in [0.2, 0.25) is 0 Å². The van der Waals surface area contributed by atoms with Crippen LogP contribution < -0.4 is 10.2 Å². The fourth-order valence-corrected chi connectivity index (χ4v) is 1.95. The number of nitriles is 1. The lowest BCUT2D eigenvalue weighted by atomic mass is 9.62. The Kier molecular flexibility index (Phi) is 8.95. The first-order valence-corrected chi connectivity index (χ1v) is 9.42. The van der Waals surface area contributed by atoms with Crippen LogP contribution in [0.3, 0.4) is 0 Å². The minimum absolute atomic E-state index is 0.158. The zero-order chi connectivity index (χ0) is 21.3. The van der Waals surface area contributed by atoms with E-state index in [-0.39, 0.29) is 6.92 Å². The number of benzene rings is 2. The van der Waals surface area contributed by atoms with Crippen molar-refractivity contribution in [1.29, 1.82) is 5.26 Å². The molecule has 0 unspecified atom stereocenters. The molecule has 0 bridgehead atoms. The van der Waals surface area contributed by atoms with Crippen LogP contribution >= 0.6 is 0 Å². The van der Waals surface area contributed by atoms with Gasteiger partial charge in [0.25, 0.3) is 0 Å². The fourth-order valence-electron chi connectivity index (χ4n) is 1.95. The van der Waals surface area contributed by atoms with Crippen molar-refractivity contribution in [1.82, 2.24) is 0 Å². The van der Waals surface area contributed by atoms with Crippen molar-refractivity contribution in [3.8, 4) is 17.6 Å². The van der Waals surface area contributed by atoms with E-state index in [1.165, 1.54) is 0 Å². The van der Waals surface area contributed by atoms with E-state index in [4.69, 9.17) is 14.7 Å². The molecule has 0 fully saturated rings. The summed E-state index contributed by atoms with van der Waals surface area (Å²) in [6.07, 6.45) is 0.788. The molecule has 5 heteroatoms. The van der Waals surface area contributed by atoms with E-state index in [1.807, 2.05) is 19.0 Å². The largest absolute Gasteiger partial charge is 0.457 e. The number of ether oxygens (including phenoxy) is 1. The van der Waals surface area contributed by atoms with Crippen LogP contribution in [0.5, 0.6) is 11.5 Å². The maximum Gasteiger partial charge on any atom is 0.323 e. The van der Waals surface area contributed by atoms with Gasteiger partial charge in [0.1, 0.15) is 17.8 Å². The number of aldehydes is 1. The standard InChI is InChI=1S/C16H14BNO3.C7H16/c1-17(20-2)16-8-7-15(9-13(16)11-19)21-14-5-3-12(10-18)4-6-14;1-6(2)7(3,4)5/h3-9,11H,1-2H3;6H,1-5H3. The summed E-state index contributed by atoms with van der Waals surface area (Å²) in [7, 11) is 1.60. The van der Waals surface area contributed by atoms with E-state index in [1.54, 1.807) is 43.5 Å². The minimum atomic E-state index is -0.158. The van der Waals surface area contributed by atoms with Gasteiger partial charge in [0, 0.05) is 12.7 Å². The van der Waals surface area contributed by atoms with Gasteiger partial charge >= 0.3 is 6.92 Å². The van der Waals surface area contributed by atoms with Crippen LogP contribution in [-0.4, -0.2) is 20.3 Å². The second-order valence-corrected chi connectivity index (χ2v) is 8.05. The zero-order valence-corrected chi connectivity index (χ0v) is 17.9. The summed E-state index contributed by atoms with van der Waals surface area (Å²) in [6.45, 7) is 13.0. The molecule has 148 valence electrons. The lowest BCUT2D eigenvalue weighted by Gasteiger charge is -2.22. The Morgan fingerprint density at radius 3 is 2.04 bits per heavy atom. The molecule has 0 radical (unpaired) electrons. The Hall–Kier alpha value is -2.58. The molecular weight excluding hydrogens is 349 g/mol. The Balaban J connectivity index is 0.000000480. The predicted molar refractivity (Wildman–Crippen MR) is 116 cm³/mol. The zero-order valence-electron chi connectivity index (χ0n) is 17.9.